The maximum atomic E-state index is 12.7. The fourth-order valence-electron chi connectivity index (χ4n) is 3.29. The van der Waals surface area contributed by atoms with Crippen molar-refractivity contribution in [2.24, 2.45) is 5.10 Å². The molecule has 2 aromatic carbocycles. The van der Waals surface area contributed by atoms with Gasteiger partial charge >= 0.3 is 6.18 Å². The first kappa shape index (κ1) is 19.9. The third kappa shape index (κ3) is 5.58. The van der Waals surface area contributed by atoms with Gasteiger partial charge < -0.3 is 5.32 Å². The van der Waals surface area contributed by atoms with E-state index in [0.717, 1.165) is 43.5 Å². The van der Waals surface area contributed by atoms with Gasteiger partial charge in [0.15, 0.2) is 0 Å². The normalized spacial score (nSPS) is 17.1. The van der Waals surface area contributed by atoms with Gasteiger partial charge in [-0.15, -0.1) is 0 Å². The number of benzene rings is 2. The summed E-state index contributed by atoms with van der Waals surface area (Å²) < 4.78 is 38.1. The second-order valence-corrected chi connectivity index (χ2v) is 6.83. The van der Waals surface area contributed by atoms with E-state index in [2.05, 4.69) is 28.0 Å². The van der Waals surface area contributed by atoms with Crippen LogP contribution in [0, 0.1) is 0 Å². The van der Waals surface area contributed by atoms with E-state index in [1.54, 1.807) is 0 Å². The van der Waals surface area contributed by atoms with Gasteiger partial charge in [0.2, 0.25) is 0 Å². The molecule has 1 fully saturated rings. The quantitative estimate of drug-likeness (QED) is 0.711. The predicted molar refractivity (Wildman–Crippen MR) is 103 cm³/mol. The van der Waals surface area contributed by atoms with Gasteiger partial charge in [0, 0.05) is 11.4 Å². The van der Waals surface area contributed by atoms with E-state index in [9.17, 15) is 18.0 Å². The van der Waals surface area contributed by atoms with Crippen LogP contribution in [-0.4, -0.2) is 18.2 Å². The van der Waals surface area contributed by atoms with Crippen molar-refractivity contribution < 1.29 is 18.0 Å². The summed E-state index contributed by atoms with van der Waals surface area (Å²) >= 11 is 0. The number of carbonyl (C=O) groups excluding carboxylic acids is 1. The smallest absolute Gasteiger partial charge is 0.376 e. The molecular formula is C21H22F3N3O. The lowest BCUT2D eigenvalue weighted by Gasteiger charge is -2.23. The molecular weight excluding hydrogens is 367 g/mol. The molecule has 2 N–H and O–H groups in total. The van der Waals surface area contributed by atoms with Crippen molar-refractivity contribution in [3.05, 3.63) is 65.7 Å². The molecule has 0 spiro atoms. The summed E-state index contributed by atoms with van der Waals surface area (Å²) in [6.07, 6.45) is -0.797. The molecule has 2 aromatic rings. The molecule has 1 aliphatic carbocycles. The van der Waals surface area contributed by atoms with Crippen molar-refractivity contribution in [1.82, 2.24) is 5.43 Å². The molecule has 0 aliphatic heterocycles. The van der Waals surface area contributed by atoms with E-state index in [-0.39, 0.29) is 12.2 Å². The number of hydrogen-bond acceptors (Lipinski definition) is 3. The number of amides is 1. The van der Waals surface area contributed by atoms with Gasteiger partial charge in [-0.2, -0.15) is 18.3 Å². The summed E-state index contributed by atoms with van der Waals surface area (Å²) in [5, 5.41) is 6.87. The summed E-state index contributed by atoms with van der Waals surface area (Å²) in [7, 11) is 0. The topological polar surface area (TPSA) is 53.5 Å². The average Bonchev–Trinajstić information content (AvgIpc) is 2.71. The maximum Gasteiger partial charge on any atom is 0.416 e. The van der Waals surface area contributed by atoms with Gasteiger partial charge in [-0.1, -0.05) is 36.4 Å². The average molecular weight is 389 g/mol. The molecule has 1 amide bonds. The summed E-state index contributed by atoms with van der Waals surface area (Å²) in [6.45, 7) is -0.148. The first-order valence-electron chi connectivity index (χ1n) is 9.22. The molecule has 3 rings (SSSR count). The summed E-state index contributed by atoms with van der Waals surface area (Å²) in [5.74, 6) is 0.119. The Bertz CT molecular complexity index is 824. The highest BCUT2D eigenvalue weighted by molar-refractivity contribution is 5.88. The van der Waals surface area contributed by atoms with Crippen molar-refractivity contribution in [2.45, 2.75) is 37.8 Å². The predicted octanol–water partition coefficient (Wildman–Crippen LogP) is 4.95. The summed E-state index contributed by atoms with van der Waals surface area (Å²) in [4.78, 5) is 11.9. The van der Waals surface area contributed by atoms with E-state index >= 15 is 0 Å². The third-order valence-electron chi connectivity index (χ3n) is 4.82. The van der Waals surface area contributed by atoms with Crippen LogP contribution in [0.15, 0.2) is 59.7 Å². The van der Waals surface area contributed by atoms with Gasteiger partial charge in [-0.05, 0) is 55.4 Å². The lowest BCUT2D eigenvalue weighted by atomic mass is 9.83. The number of hydrogen-bond donors (Lipinski definition) is 2. The van der Waals surface area contributed by atoms with Crippen LogP contribution in [-0.2, 0) is 11.0 Å². The van der Waals surface area contributed by atoms with E-state index in [1.807, 2.05) is 18.2 Å². The first-order valence-corrected chi connectivity index (χ1v) is 9.22. The van der Waals surface area contributed by atoms with Gasteiger partial charge in [0.1, 0.15) is 0 Å². The zero-order chi connectivity index (χ0) is 20.0. The van der Waals surface area contributed by atoms with Crippen LogP contribution < -0.4 is 10.7 Å². The number of nitrogens with zero attached hydrogens (tertiary/aromatic N) is 1. The van der Waals surface area contributed by atoms with Crippen molar-refractivity contribution in [1.29, 1.82) is 0 Å². The number of alkyl halides is 3. The van der Waals surface area contributed by atoms with Crippen molar-refractivity contribution in [3.63, 3.8) is 0 Å². The number of carbonyl (C=O) groups is 1. The Morgan fingerprint density at radius 2 is 1.75 bits per heavy atom. The molecule has 1 aliphatic rings. The number of nitrogens with one attached hydrogen (secondary N) is 2. The highest BCUT2D eigenvalue weighted by Crippen LogP contribution is 2.31. The van der Waals surface area contributed by atoms with Gasteiger partial charge in [0.25, 0.3) is 5.91 Å². The largest absolute Gasteiger partial charge is 0.416 e. The maximum absolute atomic E-state index is 12.7. The van der Waals surface area contributed by atoms with E-state index in [0.29, 0.717) is 5.92 Å². The fourth-order valence-corrected chi connectivity index (χ4v) is 3.29. The van der Waals surface area contributed by atoms with Crippen LogP contribution in [0.3, 0.4) is 0 Å². The minimum Gasteiger partial charge on any atom is -0.376 e. The van der Waals surface area contributed by atoms with Crippen molar-refractivity contribution in [3.8, 4) is 0 Å². The van der Waals surface area contributed by atoms with Crippen LogP contribution >= 0.6 is 0 Å². The lowest BCUT2D eigenvalue weighted by molar-refractivity contribution is -0.137. The van der Waals surface area contributed by atoms with Crippen LogP contribution in [0.1, 0.15) is 42.7 Å². The van der Waals surface area contributed by atoms with Gasteiger partial charge in [-0.3, -0.25) is 4.79 Å². The van der Waals surface area contributed by atoms with Gasteiger partial charge in [0.05, 0.1) is 12.1 Å². The Balaban J connectivity index is 1.45. The molecule has 7 heteroatoms. The van der Waals surface area contributed by atoms with Crippen LogP contribution in [0.2, 0.25) is 0 Å². The molecule has 0 bridgehead atoms. The minimum atomic E-state index is -4.41. The second-order valence-electron chi connectivity index (χ2n) is 6.83. The molecule has 0 heterocycles. The molecule has 0 atom stereocenters. The molecule has 1 saturated carbocycles. The Morgan fingerprint density at radius 1 is 1.04 bits per heavy atom. The highest BCUT2D eigenvalue weighted by Gasteiger charge is 2.30. The van der Waals surface area contributed by atoms with Crippen LogP contribution in [0.25, 0.3) is 0 Å². The SMILES string of the molecule is O=C(CNc1cccc(C(F)(F)F)c1)NN=C1CCC(c2ccccc2)CC1. The molecule has 28 heavy (non-hydrogen) atoms. The zero-order valence-corrected chi connectivity index (χ0v) is 15.3. The van der Waals surface area contributed by atoms with Gasteiger partial charge in [-0.25, -0.2) is 5.43 Å². The fraction of sp³-hybridized carbons (Fsp3) is 0.333. The minimum absolute atomic E-state index is 0.148. The zero-order valence-electron chi connectivity index (χ0n) is 15.3. The van der Waals surface area contributed by atoms with E-state index in [1.165, 1.54) is 17.7 Å². The Hall–Kier alpha value is -2.83. The van der Waals surface area contributed by atoms with Crippen molar-refractivity contribution >= 4 is 17.3 Å². The molecule has 148 valence electrons. The summed E-state index contributed by atoms with van der Waals surface area (Å²) in [6, 6.07) is 15.1. The lowest BCUT2D eigenvalue weighted by Crippen LogP contribution is -2.27. The molecule has 0 unspecified atom stereocenters. The number of rotatable bonds is 5. The number of anilines is 1. The number of hydrazone groups is 1. The van der Waals surface area contributed by atoms with E-state index < -0.39 is 17.6 Å². The van der Waals surface area contributed by atoms with Crippen molar-refractivity contribution in [2.75, 3.05) is 11.9 Å². The highest BCUT2D eigenvalue weighted by atomic mass is 19.4. The third-order valence-corrected chi connectivity index (χ3v) is 4.82. The van der Waals surface area contributed by atoms with Crippen LogP contribution in [0.4, 0.5) is 18.9 Å². The monoisotopic (exact) mass is 389 g/mol. The van der Waals surface area contributed by atoms with E-state index in [4.69, 9.17) is 0 Å². The molecule has 0 saturated heterocycles. The molecule has 4 nitrogen and oxygen atoms in total. The molecule has 0 aromatic heterocycles. The first-order chi connectivity index (χ1) is 13.4. The molecule has 0 radical (unpaired) electrons. The number of halogens is 3. The second kappa shape index (κ2) is 8.91. The Kier molecular flexibility index (Phi) is 6.34. The Labute approximate surface area is 161 Å². The standard InChI is InChI=1S/C21H22F3N3O/c22-21(23,24)17-7-4-8-19(13-17)25-14-20(28)27-26-18-11-9-16(10-12-18)15-5-2-1-3-6-15/h1-8,13,16,25H,9-12,14H2,(H,27,28). The van der Waals surface area contributed by atoms with Crippen LogP contribution in [0.5, 0.6) is 0 Å². The summed E-state index contributed by atoms with van der Waals surface area (Å²) in [5.41, 5.74) is 4.24. The Morgan fingerprint density at radius 3 is 2.43 bits per heavy atom.